The number of aromatic nitrogens is 1. The van der Waals surface area contributed by atoms with E-state index in [2.05, 4.69) is 11.1 Å². The van der Waals surface area contributed by atoms with E-state index in [-0.39, 0.29) is 6.42 Å². The molecule has 152 valence electrons. The number of methoxy groups -OCH3 is 2. The number of benzene rings is 2. The molecular formula is C23H20N2O4S. The highest BCUT2D eigenvalue weighted by Crippen LogP contribution is 2.42. The molecule has 0 spiro atoms. The quantitative estimate of drug-likeness (QED) is 0.520. The molecule has 7 heteroatoms. The zero-order chi connectivity index (χ0) is 21.5. The predicted octanol–water partition coefficient (Wildman–Crippen LogP) is 4.87. The third-order valence-electron chi connectivity index (χ3n) is 4.42. The molecule has 1 aromatic heterocycles. The van der Waals surface area contributed by atoms with E-state index in [9.17, 15) is 10.1 Å². The van der Waals surface area contributed by atoms with Crippen molar-refractivity contribution in [2.75, 3.05) is 20.0 Å². The summed E-state index contributed by atoms with van der Waals surface area (Å²) in [5.41, 5.74) is 3.31. The van der Waals surface area contributed by atoms with Gasteiger partial charge in [-0.3, -0.25) is 4.79 Å². The Hall–Kier alpha value is -3.50. The minimum Gasteiger partial charge on any atom is -0.493 e. The number of hydrogen-bond donors (Lipinski definition) is 1. The molecule has 0 aliphatic carbocycles. The lowest BCUT2D eigenvalue weighted by Gasteiger charge is -2.16. The molecule has 0 atom stereocenters. The van der Waals surface area contributed by atoms with E-state index in [1.165, 1.54) is 11.8 Å². The van der Waals surface area contributed by atoms with Crippen molar-refractivity contribution < 1.29 is 19.4 Å². The second kappa shape index (κ2) is 9.81. The molecule has 3 rings (SSSR count). The summed E-state index contributed by atoms with van der Waals surface area (Å²) >= 11 is 1.25. The van der Waals surface area contributed by atoms with Crippen molar-refractivity contribution in [2.45, 2.75) is 11.4 Å². The van der Waals surface area contributed by atoms with Gasteiger partial charge in [0.2, 0.25) is 0 Å². The Labute approximate surface area is 179 Å². The van der Waals surface area contributed by atoms with Gasteiger partial charge in [-0.2, -0.15) is 5.26 Å². The summed E-state index contributed by atoms with van der Waals surface area (Å²) in [6.07, 6.45) is -0.0232. The summed E-state index contributed by atoms with van der Waals surface area (Å²) in [6.45, 7) is 0. The molecule has 0 saturated carbocycles. The second-order valence-corrected chi connectivity index (χ2v) is 7.33. The average molecular weight is 420 g/mol. The molecule has 1 heterocycles. The van der Waals surface area contributed by atoms with Gasteiger partial charge in [0.1, 0.15) is 11.1 Å². The minimum absolute atomic E-state index is 0.0232. The molecule has 0 radical (unpaired) electrons. The summed E-state index contributed by atoms with van der Waals surface area (Å²) in [5, 5.41) is 19.4. The van der Waals surface area contributed by atoms with Crippen LogP contribution in [0.25, 0.3) is 22.4 Å². The van der Waals surface area contributed by atoms with Gasteiger partial charge < -0.3 is 14.6 Å². The fourth-order valence-corrected chi connectivity index (χ4v) is 3.97. The topological polar surface area (TPSA) is 92.4 Å². The van der Waals surface area contributed by atoms with Gasteiger partial charge in [0.05, 0.1) is 31.9 Å². The fourth-order valence-electron chi connectivity index (χ4n) is 3.04. The number of hydrogen-bond acceptors (Lipinski definition) is 6. The highest BCUT2D eigenvalue weighted by molar-refractivity contribution is 7.99. The van der Waals surface area contributed by atoms with Gasteiger partial charge in [0, 0.05) is 22.4 Å². The first kappa shape index (κ1) is 21.2. The lowest BCUT2D eigenvalue weighted by Crippen LogP contribution is -2.00. The van der Waals surface area contributed by atoms with E-state index < -0.39 is 5.97 Å². The van der Waals surface area contributed by atoms with Crippen LogP contribution in [-0.4, -0.2) is 36.0 Å². The maximum Gasteiger partial charge on any atom is 0.304 e. The SMILES string of the molecule is COc1cccc(-c2cc(-c3ccccc3)nc(SCCC(=O)O)c2C#N)c1OC. The molecule has 30 heavy (non-hydrogen) atoms. The molecule has 6 nitrogen and oxygen atoms in total. The molecule has 0 unspecified atom stereocenters. The van der Waals surface area contributed by atoms with Gasteiger partial charge in [0.25, 0.3) is 0 Å². The van der Waals surface area contributed by atoms with Gasteiger partial charge in [-0.25, -0.2) is 4.98 Å². The number of ether oxygens (including phenoxy) is 2. The number of nitrogens with zero attached hydrogens (tertiary/aromatic N) is 2. The molecule has 0 bridgehead atoms. The monoisotopic (exact) mass is 420 g/mol. The van der Waals surface area contributed by atoms with Crippen molar-refractivity contribution in [1.29, 1.82) is 5.26 Å². The van der Waals surface area contributed by atoms with Crippen molar-refractivity contribution in [1.82, 2.24) is 4.98 Å². The van der Waals surface area contributed by atoms with Gasteiger partial charge in [-0.1, -0.05) is 42.5 Å². The number of pyridine rings is 1. The molecule has 0 fully saturated rings. The molecule has 0 amide bonds. The minimum atomic E-state index is -0.894. The largest absolute Gasteiger partial charge is 0.493 e. The Bertz CT molecular complexity index is 1090. The first-order chi connectivity index (χ1) is 14.6. The molecule has 1 N–H and O–H groups in total. The normalized spacial score (nSPS) is 10.3. The van der Waals surface area contributed by atoms with Crippen LogP contribution in [0.1, 0.15) is 12.0 Å². The van der Waals surface area contributed by atoms with Crippen LogP contribution in [-0.2, 0) is 4.79 Å². The maximum atomic E-state index is 10.9. The Morgan fingerprint density at radius 3 is 2.50 bits per heavy atom. The van der Waals surface area contributed by atoms with Crippen molar-refractivity contribution in [3.05, 3.63) is 60.2 Å². The molecule has 0 saturated heterocycles. The standard InChI is InChI=1S/C23H20N2O4S/c1-28-20-10-6-9-16(22(20)29-2)17-13-19(15-7-4-3-5-8-15)25-23(18(17)14-24)30-12-11-21(26)27/h3-10,13H,11-12H2,1-2H3,(H,26,27). The van der Waals surface area contributed by atoms with Crippen LogP contribution in [0.5, 0.6) is 11.5 Å². The maximum absolute atomic E-state index is 10.9. The van der Waals surface area contributed by atoms with Crippen LogP contribution in [0.4, 0.5) is 0 Å². The number of thioether (sulfide) groups is 1. The van der Waals surface area contributed by atoms with Crippen molar-refractivity contribution in [3.8, 4) is 40.0 Å². The van der Waals surface area contributed by atoms with E-state index in [0.717, 1.165) is 5.56 Å². The van der Waals surface area contributed by atoms with Crippen molar-refractivity contribution in [2.24, 2.45) is 0 Å². The van der Waals surface area contributed by atoms with Crippen molar-refractivity contribution >= 4 is 17.7 Å². The summed E-state index contributed by atoms with van der Waals surface area (Å²) in [6, 6.07) is 19.2. The average Bonchev–Trinajstić information content (AvgIpc) is 2.78. The summed E-state index contributed by atoms with van der Waals surface area (Å²) in [7, 11) is 3.11. The van der Waals surface area contributed by atoms with Crippen LogP contribution in [0, 0.1) is 11.3 Å². The zero-order valence-electron chi connectivity index (χ0n) is 16.6. The smallest absolute Gasteiger partial charge is 0.304 e. The second-order valence-electron chi connectivity index (χ2n) is 6.25. The highest BCUT2D eigenvalue weighted by atomic mass is 32.2. The summed E-state index contributed by atoms with van der Waals surface area (Å²) in [5.74, 6) is 0.486. The van der Waals surface area contributed by atoms with Gasteiger partial charge in [-0.05, 0) is 12.1 Å². The fraction of sp³-hybridized carbons (Fsp3) is 0.174. The van der Waals surface area contributed by atoms with Crippen LogP contribution >= 0.6 is 11.8 Å². The van der Waals surface area contributed by atoms with E-state index >= 15 is 0 Å². The third kappa shape index (κ3) is 4.56. The number of nitriles is 1. The molecule has 0 aliphatic rings. The number of aliphatic carboxylic acids is 1. The zero-order valence-corrected chi connectivity index (χ0v) is 17.4. The Kier molecular flexibility index (Phi) is 6.94. The van der Waals surface area contributed by atoms with Crippen molar-refractivity contribution in [3.63, 3.8) is 0 Å². The number of carboxylic acids is 1. The summed E-state index contributed by atoms with van der Waals surface area (Å²) < 4.78 is 11.0. The first-order valence-electron chi connectivity index (χ1n) is 9.15. The van der Waals surface area contributed by atoms with Crippen LogP contribution in [0.15, 0.2) is 59.6 Å². The van der Waals surface area contributed by atoms with Crippen LogP contribution < -0.4 is 9.47 Å². The number of para-hydroxylation sites is 1. The van der Waals surface area contributed by atoms with E-state index in [4.69, 9.17) is 14.6 Å². The number of rotatable bonds is 8. The van der Waals surface area contributed by atoms with Crippen LogP contribution in [0.3, 0.4) is 0 Å². The number of carboxylic acid groups (broad SMARTS) is 1. The van der Waals surface area contributed by atoms with Gasteiger partial charge >= 0.3 is 5.97 Å². The third-order valence-corrected chi connectivity index (χ3v) is 5.39. The first-order valence-corrected chi connectivity index (χ1v) is 10.1. The predicted molar refractivity (Wildman–Crippen MR) is 116 cm³/mol. The summed E-state index contributed by atoms with van der Waals surface area (Å²) in [4.78, 5) is 15.6. The lowest BCUT2D eigenvalue weighted by atomic mass is 9.98. The Morgan fingerprint density at radius 1 is 1.10 bits per heavy atom. The van der Waals surface area contributed by atoms with E-state index in [0.29, 0.717) is 44.7 Å². The van der Waals surface area contributed by atoms with Gasteiger partial charge in [0.15, 0.2) is 11.5 Å². The molecule has 3 aromatic rings. The molecule has 0 aliphatic heterocycles. The van der Waals surface area contributed by atoms with E-state index in [1.54, 1.807) is 20.3 Å². The number of carbonyl (C=O) groups is 1. The Balaban J connectivity index is 2.23. The molecule has 2 aromatic carbocycles. The van der Waals surface area contributed by atoms with Crippen LogP contribution in [0.2, 0.25) is 0 Å². The lowest BCUT2D eigenvalue weighted by molar-refractivity contribution is -0.136. The van der Waals surface area contributed by atoms with E-state index in [1.807, 2.05) is 48.5 Å². The Morgan fingerprint density at radius 2 is 1.87 bits per heavy atom. The highest BCUT2D eigenvalue weighted by Gasteiger charge is 2.20. The van der Waals surface area contributed by atoms with Gasteiger partial charge in [-0.15, -0.1) is 11.8 Å². The molecular weight excluding hydrogens is 400 g/mol.